The second kappa shape index (κ2) is 6.89. The summed E-state index contributed by atoms with van der Waals surface area (Å²) in [7, 11) is 0. The van der Waals surface area contributed by atoms with E-state index in [4.69, 9.17) is 0 Å². The summed E-state index contributed by atoms with van der Waals surface area (Å²) in [6.45, 7) is 6.26. The molecule has 1 aliphatic heterocycles. The molecule has 1 aromatic rings. The fraction of sp³-hybridized carbons (Fsp3) is 0.588. The van der Waals surface area contributed by atoms with Gasteiger partial charge in [-0.1, -0.05) is 30.3 Å². The number of benzene rings is 1. The minimum absolute atomic E-state index is 0.140. The first-order valence-corrected chi connectivity index (χ1v) is 7.61. The van der Waals surface area contributed by atoms with Gasteiger partial charge in [0.2, 0.25) is 5.91 Å². The van der Waals surface area contributed by atoms with E-state index in [2.05, 4.69) is 48.7 Å². The van der Waals surface area contributed by atoms with E-state index in [1.165, 1.54) is 5.56 Å². The van der Waals surface area contributed by atoms with Gasteiger partial charge in [0, 0.05) is 12.0 Å². The highest BCUT2D eigenvalue weighted by molar-refractivity contribution is 5.77. The average Bonchev–Trinajstić information content (AvgIpc) is 2.90. The summed E-state index contributed by atoms with van der Waals surface area (Å²) in [5, 5.41) is 6.49. The molecule has 1 unspecified atom stereocenters. The van der Waals surface area contributed by atoms with Crippen LogP contribution in [0.15, 0.2) is 30.3 Å². The van der Waals surface area contributed by atoms with Crippen LogP contribution in [0.5, 0.6) is 0 Å². The van der Waals surface area contributed by atoms with Crippen LogP contribution in [-0.2, 0) is 11.2 Å². The predicted octanol–water partition coefficient (Wildman–Crippen LogP) is 2.51. The lowest BCUT2D eigenvalue weighted by molar-refractivity contribution is -0.123. The largest absolute Gasteiger partial charge is 0.351 e. The van der Waals surface area contributed by atoms with Crippen LogP contribution in [0.4, 0.5) is 0 Å². The molecule has 1 saturated heterocycles. The van der Waals surface area contributed by atoms with Gasteiger partial charge in [0.1, 0.15) is 0 Å². The van der Waals surface area contributed by atoms with Gasteiger partial charge in [-0.05, 0) is 57.7 Å². The van der Waals surface area contributed by atoms with Crippen LogP contribution < -0.4 is 10.6 Å². The van der Waals surface area contributed by atoms with Crippen molar-refractivity contribution in [2.75, 3.05) is 13.1 Å². The Morgan fingerprint density at radius 1 is 1.35 bits per heavy atom. The van der Waals surface area contributed by atoms with Crippen molar-refractivity contribution in [3.8, 4) is 0 Å². The Hall–Kier alpha value is -1.35. The summed E-state index contributed by atoms with van der Waals surface area (Å²) >= 11 is 0. The molecule has 110 valence electrons. The first-order chi connectivity index (χ1) is 9.55. The van der Waals surface area contributed by atoms with Crippen molar-refractivity contribution in [3.05, 3.63) is 35.9 Å². The number of amides is 1. The van der Waals surface area contributed by atoms with E-state index in [1.54, 1.807) is 0 Å². The molecule has 0 bridgehead atoms. The number of carbonyl (C=O) groups excluding carboxylic acids is 1. The van der Waals surface area contributed by atoms with Gasteiger partial charge in [-0.2, -0.15) is 0 Å². The lowest BCUT2D eigenvalue weighted by Gasteiger charge is -2.27. The minimum atomic E-state index is -0.140. The van der Waals surface area contributed by atoms with Crippen LogP contribution in [0.25, 0.3) is 0 Å². The molecule has 20 heavy (non-hydrogen) atoms. The Kier molecular flexibility index (Phi) is 5.18. The number of hydrogen-bond donors (Lipinski definition) is 2. The number of carbonyl (C=O) groups is 1. The molecule has 0 aliphatic carbocycles. The molecule has 3 heteroatoms. The second-order valence-corrected chi connectivity index (χ2v) is 6.48. The first-order valence-electron chi connectivity index (χ1n) is 7.61. The molecule has 1 atom stereocenters. The standard InChI is InChI=1S/C17H26N2O/c1-17(2,10-8-14-6-4-3-5-7-14)19-16(20)12-15-9-11-18-13-15/h3-7,15,18H,8-13H2,1-2H3,(H,19,20). The van der Waals surface area contributed by atoms with Gasteiger partial charge in [-0.25, -0.2) is 0 Å². The van der Waals surface area contributed by atoms with Crippen molar-refractivity contribution < 1.29 is 4.79 Å². The Balaban J connectivity index is 1.76. The van der Waals surface area contributed by atoms with Gasteiger partial charge in [0.15, 0.2) is 0 Å². The molecule has 3 nitrogen and oxygen atoms in total. The second-order valence-electron chi connectivity index (χ2n) is 6.48. The minimum Gasteiger partial charge on any atom is -0.351 e. The maximum Gasteiger partial charge on any atom is 0.220 e. The molecule has 1 fully saturated rings. The van der Waals surface area contributed by atoms with Gasteiger partial charge in [-0.15, -0.1) is 0 Å². The third kappa shape index (κ3) is 4.97. The van der Waals surface area contributed by atoms with E-state index in [1.807, 2.05) is 6.07 Å². The van der Waals surface area contributed by atoms with Crippen molar-refractivity contribution in [1.82, 2.24) is 10.6 Å². The van der Waals surface area contributed by atoms with Crippen molar-refractivity contribution in [2.45, 2.75) is 45.1 Å². The molecular formula is C17H26N2O. The van der Waals surface area contributed by atoms with Gasteiger partial charge >= 0.3 is 0 Å². The van der Waals surface area contributed by atoms with Gasteiger partial charge in [0.05, 0.1) is 0 Å². The maximum absolute atomic E-state index is 12.1. The van der Waals surface area contributed by atoms with Crippen LogP contribution in [0.1, 0.15) is 38.7 Å². The predicted molar refractivity (Wildman–Crippen MR) is 82.6 cm³/mol. The van der Waals surface area contributed by atoms with E-state index >= 15 is 0 Å². The van der Waals surface area contributed by atoms with Crippen LogP contribution >= 0.6 is 0 Å². The van der Waals surface area contributed by atoms with Crippen molar-refractivity contribution in [2.24, 2.45) is 5.92 Å². The molecule has 2 rings (SSSR count). The molecule has 1 aliphatic rings. The highest BCUT2D eigenvalue weighted by Gasteiger charge is 2.23. The zero-order valence-corrected chi connectivity index (χ0v) is 12.6. The summed E-state index contributed by atoms with van der Waals surface area (Å²) in [6, 6.07) is 10.4. The van der Waals surface area contributed by atoms with E-state index in [0.29, 0.717) is 12.3 Å². The highest BCUT2D eigenvalue weighted by Crippen LogP contribution is 2.16. The topological polar surface area (TPSA) is 41.1 Å². The van der Waals surface area contributed by atoms with E-state index < -0.39 is 0 Å². The number of nitrogens with one attached hydrogen (secondary N) is 2. The fourth-order valence-electron chi connectivity index (χ4n) is 2.74. The smallest absolute Gasteiger partial charge is 0.220 e. The summed E-state index contributed by atoms with van der Waals surface area (Å²) in [4.78, 5) is 12.1. The Morgan fingerprint density at radius 2 is 2.10 bits per heavy atom. The summed E-state index contributed by atoms with van der Waals surface area (Å²) in [5.41, 5.74) is 1.19. The lowest BCUT2D eigenvalue weighted by atomic mass is 9.94. The Labute approximate surface area is 122 Å². The van der Waals surface area contributed by atoms with Crippen LogP contribution in [-0.4, -0.2) is 24.5 Å². The van der Waals surface area contributed by atoms with Crippen molar-refractivity contribution in [1.29, 1.82) is 0 Å². The lowest BCUT2D eigenvalue weighted by Crippen LogP contribution is -2.44. The number of rotatable bonds is 6. The number of aryl methyl sites for hydroxylation is 1. The van der Waals surface area contributed by atoms with Crippen molar-refractivity contribution >= 4 is 5.91 Å². The molecule has 1 heterocycles. The normalized spacial score (nSPS) is 19.0. The number of hydrogen-bond acceptors (Lipinski definition) is 2. The quantitative estimate of drug-likeness (QED) is 0.837. The maximum atomic E-state index is 12.1. The molecule has 1 amide bonds. The van der Waals surface area contributed by atoms with Gasteiger partial charge in [-0.3, -0.25) is 4.79 Å². The van der Waals surface area contributed by atoms with E-state index in [0.717, 1.165) is 32.4 Å². The Morgan fingerprint density at radius 3 is 2.75 bits per heavy atom. The molecule has 0 radical (unpaired) electrons. The average molecular weight is 274 g/mol. The third-order valence-electron chi connectivity index (χ3n) is 4.00. The third-order valence-corrected chi connectivity index (χ3v) is 4.00. The molecule has 0 saturated carbocycles. The Bertz CT molecular complexity index is 422. The zero-order chi connectivity index (χ0) is 14.4. The van der Waals surface area contributed by atoms with E-state index in [9.17, 15) is 4.79 Å². The first kappa shape index (κ1) is 15.0. The van der Waals surface area contributed by atoms with Crippen molar-refractivity contribution in [3.63, 3.8) is 0 Å². The highest BCUT2D eigenvalue weighted by atomic mass is 16.1. The van der Waals surface area contributed by atoms with Crippen LogP contribution in [0.2, 0.25) is 0 Å². The molecule has 2 N–H and O–H groups in total. The summed E-state index contributed by atoms with van der Waals surface area (Å²) in [6.07, 6.45) is 3.74. The zero-order valence-electron chi connectivity index (χ0n) is 12.6. The van der Waals surface area contributed by atoms with Crippen LogP contribution in [0.3, 0.4) is 0 Å². The SMILES string of the molecule is CC(C)(CCc1ccccc1)NC(=O)CC1CCNC1. The molecule has 1 aromatic carbocycles. The summed E-state index contributed by atoms with van der Waals surface area (Å²) < 4.78 is 0. The van der Waals surface area contributed by atoms with E-state index in [-0.39, 0.29) is 11.4 Å². The molecule has 0 spiro atoms. The van der Waals surface area contributed by atoms with Crippen LogP contribution in [0, 0.1) is 5.92 Å². The molecular weight excluding hydrogens is 248 g/mol. The van der Waals surface area contributed by atoms with Gasteiger partial charge in [0.25, 0.3) is 0 Å². The molecule has 0 aromatic heterocycles. The van der Waals surface area contributed by atoms with Gasteiger partial charge < -0.3 is 10.6 Å². The monoisotopic (exact) mass is 274 g/mol. The fourth-order valence-corrected chi connectivity index (χ4v) is 2.74. The summed E-state index contributed by atoms with van der Waals surface area (Å²) in [5.74, 6) is 0.705.